The number of rotatable bonds is 7. The van der Waals surface area contributed by atoms with Gasteiger partial charge in [0.25, 0.3) is 0 Å². The van der Waals surface area contributed by atoms with Gasteiger partial charge in [-0.3, -0.25) is 9.59 Å². The SMILES string of the molecule is COCCC(=O)N(CC(=O)O)Cc1ccccc1. The number of carbonyl (C=O) groups is 2. The van der Waals surface area contributed by atoms with Gasteiger partial charge in [-0.25, -0.2) is 0 Å². The van der Waals surface area contributed by atoms with E-state index in [1.165, 1.54) is 12.0 Å². The first kappa shape index (κ1) is 14.2. The first-order valence-corrected chi connectivity index (χ1v) is 5.66. The van der Waals surface area contributed by atoms with Gasteiger partial charge in [0.2, 0.25) is 5.91 Å². The summed E-state index contributed by atoms with van der Waals surface area (Å²) in [6, 6.07) is 9.30. The van der Waals surface area contributed by atoms with Gasteiger partial charge in [0.1, 0.15) is 6.54 Å². The van der Waals surface area contributed by atoms with Crippen LogP contribution in [0.25, 0.3) is 0 Å². The molecule has 0 aliphatic rings. The molecule has 5 heteroatoms. The second kappa shape index (κ2) is 7.45. The highest BCUT2D eigenvalue weighted by Crippen LogP contribution is 2.06. The van der Waals surface area contributed by atoms with Crippen LogP contribution < -0.4 is 0 Å². The molecule has 0 bridgehead atoms. The lowest BCUT2D eigenvalue weighted by molar-refractivity contribution is -0.145. The number of carboxylic acids is 1. The van der Waals surface area contributed by atoms with E-state index in [1.807, 2.05) is 30.3 Å². The molecule has 0 aromatic heterocycles. The Labute approximate surface area is 106 Å². The molecule has 0 heterocycles. The van der Waals surface area contributed by atoms with Gasteiger partial charge in [-0.2, -0.15) is 0 Å². The van der Waals surface area contributed by atoms with Crippen LogP contribution in [0.15, 0.2) is 30.3 Å². The minimum absolute atomic E-state index is 0.191. The summed E-state index contributed by atoms with van der Waals surface area (Å²) in [6.45, 7) is 0.302. The maximum Gasteiger partial charge on any atom is 0.323 e. The lowest BCUT2D eigenvalue weighted by Gasteiger charge is -2.20. The molecule has 98 valence electrons. The number of carboxylic acid groups (broad SMARTS) is 1. The van der Waals surface area contributed by atoms with Crippen molar-refractivity contribution in [3.63, 3.8) is 0 Å². The van der Waals surface area contributed by atoms with Crippen LogP contribution in [-0.4, -0.2) is 42.1 Å². The predicted molar refractivity (Wildman–Crippen MR) is 66.0 cm³/mol. The third-order valence-corrected chi connectivity index (χ3v) is 2.42. The van der Waals surface area contributed by atoms with E-state index in [9.17, 15) is 9.59 Å². The van der Waals surface area contributed by atoms with Gasteiger partial charge in [-0.05, 0) is 5.56 Å². The average Bonchev–Trinajstić information content (AvgIpc) is 2.36. The van der Waals surface area contributed by atoms with Crippen molar-refractivity contribution < 1.29 is 19.4 Å². The monoisotopic (exact) mass is 251 g/mol. The maximum absolute atomic E-state index is 11.8. The summed E-state index contributed by atoms with van der Waals surface area (Å²) in [5, 5.41) is 8.81. The Bertz CT molecular complexity index is 391. The highest BCUT2D eigenvalue weighted by Gasteiger charge is 2.16. The van der Waals surface area contributed by atoms with Gasteiger partial charge in [0.05, 0.1) is 13.0 Å². The molecule has 0 saturated carbocycles. The van der Waals surface area contributed by atoms with Crippen LogP contribution in [0.1, 0.15) is 12.0 Å². The standard InChI is InChI=1S/C13H17NO4/c1-18-8-7-12(15)14(10-13(16)17)9-11-5-3-2-4-6-11/h2-6H,7-10H2,1H3,(H,16,17). The Morgan fingerprint density at radius 1 is 1.28 bits per heavy atom. The van der Waals surface area contributed by atoms with Crippen molar-refractivity contribution in [3.05, 3.63) is 35.9 Å². The third-order valence-electron chi connectivity index (χ3n) is 2.42. The van der Waals surface area contributed by atoms with Gasteiger partial charge < -0.3 is 14.7 Å². The van der Waals surface area contributed by atoms with Gasteiger partial charge in [-0.15, -0.1) is 0 Å². The van der Waals surface area contributed by atoms with Gasteiger partial charge in [0.15, 0.2) is 0 Å². The maximum atomic E-state index is 11.8. The summed E-state index contributed by atoms with van der Waals surface area (Å²) in [5.41, 5.74) is 0.907. The summed E-state index contributed by atoms with van der Waals surface area (Å²) in [4.78, 5) is 23.9. The van der Waals surface area contributed by atoms with E-state index in [4.69, 9.17) is 9.84 Å². The molecule has 0 fully saturated rings. The van der Waals surface area contributed by atoms with Crippen LogP contribution >= 0.6 is 0 Å². The number of hydrogen-bond acceptors (Lipinski definition) is 3. The zero-order valence-electron chi connectivity index (χ0n) is 10.3. The molecular formula is C13H17NO4. The van der Waals surface area contributed by atoms with E-state index in [-0.39, 0.29) is 18.9 Å². The van der Waals surface area contributed by atoms with Crippen molar-refractivity contribution in [3.8, 4) is 0 Å². The van der Waals surface area contributed by atoms with Gasteiger partial charge in [-0.1, -0.05) is 30.3 Å². The fraction of sp³-hybridized carbons (Fsp3) is 0.385. The molecule has 18 heavy (non-hydrogen) atoms. The van der Waals surface area contributed by atoms with E-state index in [0.717, 1.165) is 5.56 Å². The molecule has 5 nitrogen and oxygen atoms in total. The second-order valence-electron chi connectivity index (χ2n) is 3.87. The number of nitrogens with zero attached hydrogens (tertiary/aromatic N) is 1. The molecule has 1 rings (SSSR count). The van der Waals surface area contributed by atoms with Crippen LogP contribution in [0.2, 0.25) is 0 Å². The van der Waals surface area contributed by atoms with Crippen molar-refractivity contribution >= 4 is 11.9 Å². The van der Waals surface area contributed by atoms with Crippen molar-refractivity contribution in [1.82, 2.24) is 4.90 Å². The minimum Gasteiger partial charge on any atom is -0.480 e. The van der Waals surface area contributed by atoms with E-state index in [0.29, 0.717) is 13.2 Å². The Morgan fingerprint density at radius 2 is 1.94 bits per heavy atom. The fourth-order valence-corrected chi connectivity index (χ4v) is 1.55. The quantitative estimate of drug-likeness (QED) is 0.789. The summed E-state index contributed by atoms with van der Waals surface area (Å²) in [6.07, 6.45) is 0.191. The highest BCUT2D eigenvalue weighted by atomic mass is 16.5. The molecular weight excluding hydrogens is 234 g/mol. The highest BCUT2D eigenvalue weighted by molar-refractivity contribution is 5.81. The third kappa shape index (κ3) is 4.97. The number of hydrogen-bond donors (Lipinski definition) is 1. The van der Waals surface area contributed by atoms with Crippen LogP contribution in [0.4, 0.5) is 0 Å². The molecule has 0 radical (unpaired) electrons. The number of benzene rings is 1. The largest absolute Gasteiger partial charge is 0.480 e. The summed E-state index contributed by atoms with van der Waals surface area (Å²) >= 11 is 0. The first-order chi connectivity index (χ1) is 8.63. The summed E-state index contributed by atoms with van der Waals surface area (Å²) in [5.74, 6) is -1.24. The molecule has 1 N–H and O–H groups in total. The van der Waals surface area contributed by atoms with Crippen LogP contribution in [-0.2, 0) is 20.9 Å². The number of amides is 1. The molecule has 0 saturated heterocycles. The zero-order valence-corrected chi connectivity index (χ0v) is 10.3. The fourth-order valence-electron chi connectivity index (χ4n) is 1.55. The van der Waals surface area contributed by atoms with Crippen molar-refractivity contribution in [1.29, 1.82) is 0 Å². The Kier molecular flexibility index (Phi) is 5.87. The number of carbonyl (C=O) groups excluding carboxylic acids is 1. The lowest BCUT2D eigenvalue weighted by atomic mass is 10.2. The van der Waals surface area contributed by atoms with Gasteiger partial charge >= 0.3 is 5.97 Å². The van der Waals surface area contributed by atoms with E-state index >= 15 is 0 Å². The van der Waals surface area contributed by atoms with Gasteiger partial charge in [0, 0.05) is 13.7 Å². The van der Waals surface area contributed by atoms with E-state index in [1.54, 1.807) is 0 Å². The first-order valence-electron chi connectivity index (χ1n) is 5.66. The summed E-state index contributed by atoms with van der Waals surface area (Å²) in [7, 11) is 1.51. The molecule has 0 unspecified atom stereocenters. The molecule has 0 aliphatic carbocycles. The topological polar surface area (TPSA) is 66.8 Å². The predicted octanol–water partition coefficient (Wildman–Crippen LogP) is 1.14. The molecule has 0 spiro atoms. The molecule has 0 aliphatic heterocycles. The zero-order chi connectivity index (χ0) is 13.4. The molecule has 1 amide bonds. The normalized spacial score (nSPS) is 10.1. The molecule has 1 aromatic carbocycles. The smallest absolute Gasteiger partial charge is 0.323 e. The van der Waals surface area contributed by atoms with E-state index in [2.05, 4.69) is 0 Å². The number of methoxy groups -OCH3 is 1. The van der Waals surface area contributed by atoms with Crippen molar-refractivity contribution in [2.45, 2.75) is 13.0 Å². The average molecular weight is 251 g/mol. The van der Waals surface area contributed by atoms with Crippen molar-refractivity contribution in [2.75, 3.05) is 20.3 Å². The lowest BCUT2D eigenvalue weighted by Crippen LogP contribution is -2.35. The second-order valence-corrected chi connectivity index (χ2v) is 3.87. The number of aliphatic carboxylic acids is 1. The van der Waals surface area contributed by atoms with Crippen LogP contribution in [0.3, 0.4) is 0 Å². The summed E-state index contributed by atoms with van der Waals surface area (Å²) < 4.78 is 4.82. The Hall–Kier alpha value is -1.88. The molecule has 0 atom stereocenters. The van der Waals surface area contributed by atoms with Crippen LogP contribution in [0.5, 0.6) is 0 Å². The Morgan fingerprint density at radius 3 is 2.50 bits per heavy atom. The minimum atomic E-state index is -1.02. The molecule has 1 aromatic rings. The van der Waals surface area contributed by atoms with Crippen LogP contribution in [0, 0.1) is 0 Å². The Balaban J connectivity index is 2.66. The number of ether oxygens (including phenoxy) is 1. The van der Waals surface area contributed by atoms with Crippen molar-refractivity contribution in [2.24, 2.45) is 0 Å². The van der Waals surface area contributed by atoms with E-state index < -0.39 is 5.97 Å².